The van der Waals surface area contributed by atoms with Gasteiger partial charge in [-0.25, -0.2) is 0 Å². The summed E-state index contributed by atoms with van der Waals surface area (Å²) in [5.41, 5.74) is 0.897. The van der Waals surface area contributed by atoms with Gasteiger partial charge in [0.05, 0.1) is 6.10 Å². The van der Waals surface area contributed by atoms with E-state index in [0.29, 0.717) is 18.1 Å². The second-order valence-corrected chi connectivity index (χ2v) is 5.06. The van der Waals surface area contributed by atoms with Gasteiger partial charge in [0, 0.05) is 24.4 Å². The molecule has 1 N–H and O–H groups in total. The van der Waals surface area contributed by atoms with Gasteiger partial charge < -0.3 is 9.63 Å². The Morgan fingerprint density at radius 2 is 2.00 bits per heavy atom. The van der Waals surface area contributed by atoms with Crippen LogP contribution in [0.1, 0.15) is 31.6 Å². The highest BCUT2D eigenvalue weighted by molar-refractivity contribution is 5.52. The highest BCUT2D eigenvalue weighted by Crippen LogP contribution is 2.27. The zero-order valence-corrected chi connectivity index (χ0v) is 10.7. The Morgan fingerprint density at radius 1 is 1.21 bits per heavy atom. The molecule has 2 atom stereocenters. The molecule has 0 amide bonds. The third-order valence-corrected chi connectivity index (χ3v) is 3.71. The van der Waals surface area contributed by atoms with Crippen molar-refractivity contribution in [3.05, 3.63) is 30.4 Å². The number of aliphatic hydroxyl groups excluding tert-OH is 1. The molecule has 2 aromatic rings. The lowest BCUT2D eigenvalue weighted by molar-refractivity contribution is 0.0657. The maximum Gasteiger partial charge on any atom is 0.227 e. The van der Waals surface area contributed by atoms with Crippen LogP contribution < -0.4 is 0 Å². The van der Waals surface area contributed by atoms with Gasteiger partial charge in [0.2, 0.25) is 11.7 Å². The molecule has 3 rings (SSSR count). The van der Waals surface area contributed by atoms with Crippen molar-refractivity contribution in [3.63, 3.8) is 0 Å². The van der Waals surface area contributed by atoms with Crippen LogP contribution in [-0.2, 0) is 6.42 Å². The SMILES string of the molecule is OC1CCCCC1Cc1nc(-c2ccncc2)no1. The number of nitrogens with zero attached hydrogens (tertiary/aromatic N) is 3. The molecule has 19 heavy (non-hydrogen) atoms. The van der Waals surface area contributed by atoms with Crippen LogP contribution in [-0.4, -0.2) is 26.3 Å². The molecule has 1 saturated carbocycles. The van der Waals surface area contributed by atoms with Gasteiger partial charge in [-0.15, -0.1) is 0 Å². The molecule has 5 heteroatoms. The number of pyridine rings is 1. The standard InChI is InChI=1S/C14H17N3O2/c18-12-4-2-1-3-11(12)9-13-16-14(17-19-13)10-5-7-15-8-6-10/h5-8,11-12,18H,1-4,9H2. The summed E-state index contributed by atoms with van der Waals surface area (Å²) in [6.07, 6.45) is 8.05. The third kappa shape index (κ3) is 2.81. The van der Waals surface area contributed by atoms with Crippen LogP contribution >= 0.6 is 0 Å². The summed E-state index contributed by atoms with van der Waals surface area (Å²) in [7, 11) is 0. The molecule has 2 aromatic heterocycles. The second-order valence-electron chi connectivity index (χ2n) is 5.06. The van der Waals surface area contributed by atoms with Crippen molar-refractivity contribution in [3.8, 4) is 11.4 Å². The first-order chi connectivity index (χ1) is 9.33. The molecule has 5 nitrogen and oxygen atoms in total. The lowest BCUT2D eigenvalue weighted by Gasteiger charge is -2.26. The Hall–Kier alpha value is -1.75. The average molecular weight is 259 g/mol. The van der Waals surface area contributed by atoms with E-state index in [9.17, 15) is 5.11 Å². The molecule has 0 aromatic carbocycles. The van der Waals surface area contributed by atoms with Gasteiger partial charge in [-0.2, -0.15) is 4.98 Å². The van der Waals surface area contributed by atoms with Gasteiger partial charge in [0.15, 0.2) is 0 Å². The fraction of sp³-hybridized carbons (Fsp3) is 0.500. The molecule has 0 spiro atoms. The van der Waals surface area contributed by atoms with Gasteiger partial charge in [-0.3, -0.25) is 4.98 Å². The third-order valence-electron chi connectivity index (χ3n) is 3.71. The Bertz CT molecular complexity index is 526. The Morgan fingerprint density at radius 3 is 2.79 bits per heavy atom. The van der Waals surface area contributed by atoms with Gasteiger partial charge >= 0.3 is 0 Å². The fourth-order valence-corrected chi connectivity index (χ4v) is 2.61. The summed E-state index contributed by atoms with van der Waals surface area (Å²) in [6, 6.07) is 3.70. The highest BCUT2D eigenvalue weighted by atomic mass is 16.5. The van der Waals surface area contributed by atoms with Crippen molar-refractivity contribution in [2.45, 2.75) is 38.2 Å². The van der Waals surface area contributed by atoms with Crippen molar-refractivity contribution in [2.24, 2.45) is 5.92 Å². The lowest BCUT2D eigenvalue weighted by Crippen LogP contribution is -2.26. The quantitative estimate of drug-likeness (QED) is 0.915. The molecule has 1 aliphatic rings. The first-order valence-corrected chi connectivity index (χ1v) is 6.74. The van der Waals surface area contributed by atoms with Crippen LogP contribution in [0, 0.1) is 5.92 Å². The largest absolute Gasteiger partial charge is 0.393 e. The first kappa shape index (κ1) is 12.3. The fourth-order valence-electron chi connectivity index (χ4n) is 2.61. The van der Waals surface area contributed by atoms with E-state index < -0.39 is 0 Å². The Kier molecular flexibility index (Phi) is 3.55. The summed E-state index contributed by atoms with van der Waals surface area (Å²) in [5.74, 6) is 1.44. The molecule has 1 aliphatic carbocycles. The van der Waals surface area contributed by atoms with Gasteiger partial charge in [0.1, 0.15) is 0 Å². The zero-order valence-electron chi connectivity index (χ0n) is 10.7. The zero-order chi connectivity index (χ0) is 13.1. The molecular weight excluding hydrogens is 242 g/mol. The predicted molar refractivity (Wildman–Crippen MR) is 69.2 cm³/mol. The molecule has 2 heterocycles. The molecule has 0 saturated heterocycles. The minimum atomic E-state index is -0.231. The van der Waals surface area contributed by atoms with Crippen LogP contribution in [0.25, 0.3) is 11.4 Å². The number of rotatable bonds is 3. The van der Waals surface area contributed by atoms with E-state index >= 15 is 0 Å². The topological polar surface area (TPSA) is 72.0 Å². The Balaban J connectivity index is 1.71. The van der Waals surface area contributed by atoms with Crippen molar-refractivity contribution >= 4 is 0 Å². The van der Waals surface area contributed by atoms with Crippen molar-refractivity contribution in [1.82, 2.24) is 15.1 Å². The molecule has 100 valence electrons. The average Bonchev–Trinajstić information content (AvgIpc) is 2.91. The van der Waals surface area contributed by atoms with Crippen LogP contribution in [0.15, 0.2) is 29.0 Å². The van der Waals surface area contributed by atoms with Crippen LogP contribution in [0.5, 0.6) is 0 Å². The molecular formula is C14H17N3O2. The molecule has 0 aliphatic heterocycles. The number of aliphatic hydroxyl groups is 1. The van der Waals surface area contributed by atoms with Crippen LogP contribution in [0.2, 0.25) is 0 Å². The maximum absolute atomic E-state index is 9.96. The van der Waals surface area contributed by atoms with E-state index in [2.05, 4.69) is 15.1 Å². The first-order valence-electron chi connectivity index (χ1n) is 6.74. The van der Waals surface area contributed by atoms with Crippen molar-refractivity contribution in [2.75, 3.05) is 0 Å². The predicted octanol–water partition coefficient (Wildman–Crippen LogP) is 2.23. The summed E-state index contributed by atoms with van der Waals surface area (Å²) < 4.78 is 5.28. The number of aromatic nitrogens is 3. The minimum Gasteiger partial charge on any atom is -0.393 e. The van der Waals surface area contributed by atoms with Crippen molar-refractivity contribution in [1.29, 1.82) is 0 Å². The van der Waals surface area contributed by atoms with Crippen LogP contribution in [0.3, 0.4) is 0 Å². The van der Waals surface area contributed by atoms with Gasteiger partial charge in [-0.05, 0) is 30.9 Å². The van der Waals surface area contributed by atoms with E-state index in [-0.39, 0.29) is 12.0 Å². The lowest BCUT2D eigenvalue weighted by atomic mass is 9.84. The normalized spacial score (nSPS) is 23.4. The molecule has 1 fully saturated rings. The Labute approximate surface area is 111 Å². The summed E-state index contributed by atoms with van der Waals surface area (Å²) >= 11 is 0. The smallest absolute Gasteiger partial charge is 0.227 e. The van der Waals surface area contributed by atoms with E-state index in [1.165, 1.54) is 6.42 Å². The van der Waals surface area contributed by atoms with E-state index in [0.717, 1.165) is 24.8 Å². The number of hydrogen-bond acceptors (Lipinski definition) is 5. The van der Waals surface area contributed by atoms with E-state index in [1.807, 2.05) is 12.1 Å². The molecule has 0 bridgehead atoms. The monoisotopic (exact) mass is 259 g/mol. The highest BCUT2D eigenvalue weighted by Gasteiger charge is 2.25. The van der Waals surface area contributed by atoms with E-state index in [1.54, 1.807) is 12.4 Å². The second kappa shape index (κ2) is 5.48. The summed E-state index contributed by atoms with van der Waals surface area (Å²) in [4.78, 5) is 8.35. The van der Waals surface area contributed by atoms with Gasteiger partial charge in [-0.1, -0.05) is 18.0 Å². The van der Waals surface area contributed by atoms with E-state index in [4.69, 9.17) is 4.52 Å². The summed E-state index contributed by atoms with van der Waals surface area (Å²) in [5, 5.41) is 13.9. The number of hydrogen-bond donors (Lipinski definition) is 1. The molecule has 2 unspecified atom stereocenters. The van der Waals surface area contributed by atoms with Crippen LogP contribution in [0.4, 0.5) is 0 Å². The van der Waals surface area contributed by atoms with Crippen molar-refractivity contribution < 1.29 is 9.63 Å². The maximum atomic E-state index is 9.96. The minimum absolute atomic E-state index is 0.231. The molecule has 0 radical (unpaired) electrons. The summed E-state index contributed by atoms with van der Waals surface area (Å²) in [6.45, 7) is 0. The van der Waals surface area contributed by atoms with Gasteiger partial charge in [0.25, 0.3) is 0 Å².